The van der Waals surface area contributed by atoms with E-state index in [0.717, 1.165) is 4.70 Å². The molecule has 1 heterocycles. The fraction of sp³-hybridized carbons (Fsp3) is 0.200. The Morgan fingerprint density at radius 3 is 2.67 bits per heavy atom. The lowest BCUT2D eigenvalue weighted by Crippen LogP contribution is -2.10. The van der Waals surface area contributed by atoms with E-state index in [1.54, 1.807) is 18.2 Å². The third kappa shape index (κ3) is 2.07. The van der Waals surface area contributed by atoms with E-state index in [2.05, 4.69) is 0 Å². The average Bonchev–Trinajstić information content (AvgIpc) is 2.48. The Kier molecular flexibility index (Phi) is 2.34. The maximum Gasteiger partial charge on any atom is 0.393 e. The van der Waals surface area contributed by atoms with Crippen LogP contribution < -0.4 is 5.73 Å². The van der Waals surface area contributed by atoms with Gasteiger partial charge in [0.2, 0.25) is 0 Å². The number of alkyl halides is 3. The van der Waals surface area contributed by atoms with Gasteiger partial charge in [-0.2, -0.15) is 13.2 Å². The molecule has 15 heavy (non-hydrogen) atoms. The Bertz CT molecular complexity index is 487. The molecule has 0 atom stereocenters. The molecule has 1 aromatic heterocycles. The largest absolute Gasteiger partial charge is 0.398 e. The molecule has 0 spiro atoms. The Morgan fingerprint density at radius 2 is 2.00 bits per heavy atom. The maximum atomic E-state index is 12.2. The van der Waals surface area contributed by atoms with E-state index < -0.39 is 12.6 Å². The summed E-state index contributed by atoms with van der Waals surface area (Å²) in [5.74, 6) is 0. The lowest BCUT2D eigenvalue weighted by molar-refractivity contribution is -0.126. The number of halogens is 3. The fourth-order valence-corrected chi connectivity index (χ4v) is 2.49. The summed E-state index contributed by atoms with van der Waals surface area (Å²) in [7, 11) is 0. The molecule has 1 aromatic carbocycles. The molecule has 2 rings (SSSR count). The average molecular weight is 231 g/mol. The SMILES string of the molecule is Nc1cccc2c(CC(F)(F)F)csc12. The number of fused-ring (bicyclic) bond motifs is 1. The zero-order chi connectivity index (χ0) is 11.1. The summed E-state index contributed by atoms with van der Waals surface area (Å²) in [4.78, 5) is 0. The van der Waals surface area contributed by atoms with Crippen LogP contribution in [0.1, 0.15) is 5.56 Å². The molecule has 1 nitrogen and oxygen atoms in total. The molecule has 0 amide bonds. The van der Waals surface area contributed by atoms with Gasteiger partial charge in [-0.05, 0) is 22.4 Å². The second kappa shape index (κ2) is 3.41. The summed E-state index contributed by atoms with van der Waals surface area (Å²) >= 11 is 1.26. The van der Waals surface area contributed by atoms with Gasteiger partial charge < -0.3 is 5.73 Å². The Morgan fingerprint density at radius 1 is 1.27 bits per heavy atom. The normalized spacial score (nSPS) is 12.2. The van der Waals surface area contributed by atoms with Crippen LogP contribution in [0.15, 0.2) is 23.6 Å². The van der Waals surface area contributed by atoms with Gasteiger partial charge in [0, 0.05) is 5.69 Å². The molecule has 0 radical (unpaired) electrons. The van der Waals surface area contributed by atoms with Crippen LogP contribution >= 0.6 is 11.3 Å². The Hall–Kier alpha value is -1.23. The first-order valence-electron chi connectivity index (χ1n) is 4.29. The lowest BCUT2D eigenvalue weighted by Gasteiger charge is -2.04. The highest BCUT2D eigenvalue weighted by Crippen LogP contribution is 2.33. The van der Waals surface area contributed by atoms with Gasteiger partial charge in [-0.1, -0.05) is 12.1 Å². The molecule has 5 heteroatoms. The second-order valence-electron chi connectivity index (χ2n) is 3.28. The van der Waals surface area contributed by atoms with Gasteiger partial charge in [-0.25, -0.2) is 0 Å². The van der Waals surface area contributed by atoms with Gasteiger partial charge in [0.15, 0.2) is 0 Å². The van der Waals surface area contributed by atoms with E-state index in [9.17, 15) is 13.2 Å². The van der Waals surface area contributed by atoms with Crippen molar-refractivity contribution < 1.29 is 13.2 Å². The van der Waals surface area contributed by atoms with E-state index in [1.807, 2.05) is 0 Å². The summed E-state index contributed by atoms with van der Waals surface area (Å²) in [5.41, 5.74) is 6.50. The van der Waals surface area contributed by atoms with Crippen molar-refractivity contribution in [3.63, 3.8) is 0 Å². The van der Waals surface area contributed by atoms with Gasteiger partial charge in [-0.15, -0.1) is 11.3 Å². The topological polar surface area (TPSA) is 26.0 Å². The number of nitrogens with two attached hydrogens (primary N) is 1. The summed E-state index contributed by atoms with van der Waals surface area (Å²) in [5, 5.41) is 2.13. The van der Waals surface area contributed by atoms with Crippen molar-refractivity contribution in [2.24, 2.45) is 0 Å². The summed E-state index contributed by atoms with van der Waals surface area (Å²) < 4.78 is 37.4. The number of anilines is 1. The first kappa shape index (κ1) is 10.3. The van der Waals surface area contributed by atoms with Gasteiger partial charge in [0.05, 0.1) is 11.1 Å². The highest BCUT2D eigenvalue weighted by molar-refractivity contribution is 7.18. The number of nitrogen functional groups attached to an aromatic ring is 1. The highest BCUT2D eigenvalue weighted by atomic mass is 32.1. The van der Waals surface area contributed by atoms with Crippen molar-refractivity contribution >= 4 is 27.1 Å². The van der Waals surface area contributed by atoms with Crippen molar-refractivity contribution in [1.29, 1.82) is 0 Å². The standard InChI is InChI=1S/C10H8F3NS/c11-10(12,13)4-6-5-15-9-7(6)2-1-3-8(9)14/h1-3,5H,4,14H2. The molecule has 80 valence electrons. The molecule has 0 saturated heterocycles. The van der Waals surface area contributed by atoms with Crippen molar-refractivity contribution in [1.82, 2.24) is 0 Å². The molecule has 2 aromatic rings. The van der Waals surface area contributed by atoms with Crippen molar-refractivity contribution in [2.75, 3.05) is 5.73 Å². The molecule has 0 fully saturated rings. The van der Waals surface area contributed by atoms with Crippen LogP contribution in [0.4, 0.5) is 18.9 Å². The van der Waals surface area contributed by atoms with Crippen LogP contribution in [-0.2, 0) is 6.42 Å². The van der Waals surface area contributed by atoms with E-state index in [4.69, 9.17) is 5.73 Å². The van der Waals surface area contributed by atoms with Crippen LogP contribution in [0, 0.1) is 0 Å². The first-order valence-corrected chi connectivity index (χ1v) is 5.16. The minimum atomic E-state index is -4.17. The monoisotopic (exact) mass is 231 g/mol. The highest BCUT2D eigenvalue weighted by Gasteiger charge is 2.29. The van der Waals surface area contributed by atoms with Crippen molar-refractivity contribution in [2.45, 2.75) is 12.6 Å². The smallest absolute Gasteiger partial charge is 0.393 e. The van der Waals surface area contributed by atoms with E-state index in [1.165, 1.54) is 16.7 Å². The number of hydrogen-bond acceptors (Lipinski definition) is 2. The first-order chi connectivity index (χ1) is 6.97. The third-order valence-corrected chi connectivity index (χ3v) is 3.20. The molecular weight excluding hydrogens is 223 g/mol. The van der Waals surface area contributed by atoms with E-state index in [0.29, 0.717) is 16.6 Å². The van der Waals surface area contributed by atoms with Crippen molar-refractivity contribution in [3.8, 4) is 0 Å². The minimum Gasteiger partial charge on any atom is -0.398 e. The summed E-state index contributed by atoms with van der Waals surface area (Å²) in [6.45, 7) is 0. The molecule has 0 aliphatic heterocycles. The fourth-order valence-electron chi connectivity index (χ4n) is 1.49. The summed E-state index contributed by atoms with van der Waals surface area (Å²) in [6.07, 6.45) is -5.06. The van der Waals surface area contributed by atoms with Gasteiger partial charge >= 0.3 is 6.18 Å². The zero-order valence-electron chi connectivity index (χ0n) is 7.64. The predicted octanol–water partition coefficient (Wildman–Crippen LogP) is 3.59. The molecule has 0 aliphatic rings. The van der Waals surface area contributed by atoms with E-state index >= 15 is 0 Å². The molecule has 0 saturated carbocycles. The second-order valence-corrected chi connectivity index (χ2v) is 4.16. The number of rotatable bonds is 1. The van der Waals surface area contributed by atoms with E-state index in [-0.39, 0.29) is 0 Å². The minimum absolute atomic E-state index is 0.301. The number of thiophene rings is 1. The van der Waals surface area contributed by atoms with Gasteiger partial charge in [-0.3, -0.25) is 0 Å². The molecule has 2 N–H and O–H groups in total. The van der Waals surface area contributed by atoms with Crippen LogP contribution in [-0.4, -0.2) is 6.18 Å². The zero-order valence-corrected chi connectivity index (χ0v) is 8.45. The van der Waals surface area contributed by atoms with Gasteiger partial charge in [0.1, 0.15) is 0 Å². The Labute approximate surface area is 88.3 Å². The van der Waals surface area contributed by atoms with Crippen molar-refractivity contribution in [3.05, 3.63) is 29.1 Å². The van der Waals surface area contributed by atoms with Crippen LogP contribution in [0.3, 0.4) is 0 Å². The predicted molar refractivity (Wildman–Crippen MR) is 56.0 cm³/mol. The van der Waals surface area contributed by atoms with Crippen LogP contribution in [0.2, 0.25) is 0 Å². The number of hydrogen-bond donors (Lipinski definition) is 1. The third-order valence-electron chi connectivity index (χ3n) is 2.10. The van der Waals surface area contributed by atoms with Crippen LogP contribution in [0.25, 0.3) is 10.1 Å². The lowest BCUT2D eigenvalue weighted by atomic mass is 10.1. The molecular formula is C10H8F3NS. The molecule has 0 bridgehead atoms. The van der Waals surface area contributed by atoms with Crippen LogP contribution in [0.5, 0.6) is 0 Å². The van der Waals surface area contributed by atoms with Gasteiger partial charge in [0.25, 0.3) is 0 Å². The summed E-state index contributed by atoms with van der Waals surface area (Å²) in [6, 6.07) is 5.03. The number of benzene rings is 1. The molecule has 0 aliphatic carbocycles. The quantitative estimate of drug-likeness (QED) is 0.746. The maximum absolute atomic E-state index is 12.2. The molecule has 0 unspecified atom stereocenters. The Balaban J connectivity index is 2.50.